The van der Waals surface area contributed by atoms with Crippen LogP contribution >= 0.6 is 11.8 Å². The summed E-state index contributed by atoms with van der Waals surface area (Å²) >= 11 is 1.23. The Morgan fingerprint density at radius 2 is 1.73 bits per heavy atom. The zero-order valence-corrected chi connectivity index (χ0v) is 20.4. The fraction of sp³-hybridized carbons (Fsp3) is 0.250. The Kier molecular flexibility index (Phi) is 8.49. The molecular weight excluding hydrogens is 458 g/mol. The molecule has 0 aliphatic heterocycles. The lowest BCUT2D eigenvalue weighted by Crippen LogP contribution is -2.30. The van der Waals surface area contributed by atoms with Crippen LogP contribution in [0.1, 0.15) is 19.4 Å². The second kappa shape index (κ2) is 11.3. The molecule has 7 nitrogen and oxygen atoms in total. The molecule has 0 radical (unpaired) electrons. The summed E-state index contributed by atoms with van der Waals surface area (Å²) in [5.74, 6) is 1.12. The number of aromatic nitrogens is 1. The Bertz CT molecular complexity index is 1180. The molecule has 0 bridgehead atoms. The quantitative estimate of drug-likeness (QED) is 0.409. The van der Waals surface area contributed by atoms with E-state index in [4.69, 9.17) is 4.74 Å². The predicted octanol–water partition coefficient (Wildman–Crippen LogP) is 4.94. The molecule has 9 heteroatoms. The second-order valence-corrected chi connectivity index (χ2v) is 10.1. The molecule has 0 fully saturated rings. The van der Waals surface area contributed by atoms with Crippen molar-refractivity contribution < 1.29 is 17.9 Å². The Hall–Kier alpha value is -2.88. The van der Waals surface area contributed by atoms with Gasteiger partial charge in [-0.2, -0.15) is 4.31 Å². The maximum absolute atomic E-state index is 12.6. The lowest BCUT2D eigenvalue weighted by atomic mass is 10.2. The number of pyridine rings is 1. The number of anilines is 1. The average molecular weight is 486 g/mol. The number of carbonyl (C=O) groups is 1. The van der Waals surface area contributed by atoms with Crippen LogP contribution in [-0.4, -0.2) is 42.5 Å². The molecule has 1 amide bonds. The van der Waals surface area contributed by atoms with Gasteiger partial charge in [-0.25, -0.2) is 13.4 Å². The minimum absolute atomic E-state index is 0.119. The number of amides is 1. The van der Waals surface area contributed by atoms with Gasteiger partial charge >= 0.3 is 0 Å². The number of carbonyl (C=O) groups excluding carboxylic acids is 1. The molecule has 33 heavy (non-hydrogen) atoms. The van der Waals surface area contributed by atoms with E-state index in [1.165, 1.54) is 28.3 Å². The summed E-state index contributed by atoms with van der Waals surface area (Å²) in [6.07, 6.45) is 1.33. The van der Waals surface area contributed by atoms with Crippen molar-refractivity contribution in [1.29, 1.82) is 0 Å². The van der Waals surface area contributed by atoms with Gasteiger partial charge in [0.1, 0.15) is 10.6 Å². The predicted molar refractivity (Wildman–Crippen MR) is 131 cm³/mol. The summed E-state index contributed by atoms with van der Waals surface area (Å²) in [7, 11) is -3.55. The minimum atomic E-state index is -3.55. The third-order valence-corrected chi connectivity index (χ3v) is 7.79. The molecule has 3 rings (SSSR count). The van der Waals surface area contributed by atoms with E-state index in [0.29, 0.717) is 35.3 Å². The number of ether oxygens (including phenoxy) is 1. The number of rotatable bonds is 10. The summed E-state index contributed by atoms with van der Waals surface area (Å²) in [6, 6.07) is 18.0. The van der Waals surface area contributed by atoms with Gasteiger partial charge in [-0.05, 0) is 43.3 Å². The first-order valence-electron chi connectivity index (χ1n) is 10.6. The molecule has 1 aromatic heterocycles. The monoisotopic (exact) mass is 485 g/mol. The van der Waals surface area contributed by atoms with Gasteiger partial charge in [0, 0.05) is 19.3 Å². The standard InChI is InChI=1S/C24H27N3O4S2/c1-4-27(5-2)33(29,30)20-14-15-24(25-16-20)32-17-23(28)26-21-8-6-7-9-22(21)31-19-12-10-18(3)11-13-19/h6-16H,4-5,17H2,1-3H3,(H,26,28). The summed E-state index contributed by atoms with van der Waals surface area (Å²) in [4.78, 5) is 16.9. The fourth-order valence-electron chi connectivity index (χ4n) is 3.04. The molecule has 1 heterocycles. The SMILES string of the molecule is CCN(CC)S(=O)(=O)c1ccc(SCC(=O)Nc2ccccc2Oc2ccc(C)cc2)nc1. The number of nitrogens with one attached hydrogen (secondary N) is 1. The Balaban J connectivity index is 1.60. The zero-order chi connectivity index (χ0) is 23.8. The largest absolute Gasteiger partial charge is 0.455 e. The molecule has 0 atom stereocenters. The van der Waals surface area contributed by atoms with Crippen LogP contribution in [0.25, 0.3) is 0 Å². The van der Waals surface area contributed by atoms with E-state index in [0.717, 1.165) is 5.56 Å². The normalized spacial score (nSPS) is 11.4. The number of para-hydroxylation sites is 2. The molecule has 3 aromatic rings. The summed E-state index contributed by atoms with van der Waals surface area (Å²) in [6.45, 7) is 6.37. The second-order valence-electron chi connectivity index (χ2n) is 7.17. The average Bonchev–Trinajstić information content (AvgIpc) is 2.81. The van der Waals surface area contributed by atoms with Crippen LogP contribution in [0.4, 0.5) is 5.69 Å². The van der Waals surface area contributed by atoms with Gasteiger partial charge in [-0.15, -0.1) is 0 Å². The zero-order valence-electron chi connectivity index (χ0n) is 18.8. The number of sulfonamides is 1. The van der Waals surface area contributed by atoms with Crippen LogP contribution in [0.15, 0.2) is 76.8 Å². The van der Waals surface area contributed by atoms with Crippen LogP contribution in [-0.2, 0) is 14.8 Å². The molecule has 1 N–H and O–H groups in total. The van der Waals surface area contributed by atoms with Crippen LogP contribution in [0.5, 0.6) is 11.5 Å². The highest BCUT2D eigenvalue weighted by Gasteiger charge is 2.21. The first kappa shape index (κ1) is 24.8. The van der Waals surface area contributed by atoms with E-state index in [-0.39, 0.29) is 16.6 Å². The lowest BCUT2D eigenvalue weighted by Gasteiger charge is -2.18. The number of aryl methyl sites for hydroxylation is 1. The molecule has 0 unspecified atom stereocenters. The maximum atomic E-state index is 12.6. The molecular formula is C24H27N3O4S2. The molecule has 0 aliphatic carbocycles. The van der Waals surface area contributed by atoms with Gasteiger partial charge in [0.05, 0.1) is 16.5 Å². The highest BCUT2D eigenvalue weighted by molar-refractivity contribution is 7.99. The van der Waals surface area contributed by atoms with Crippen molar-refractivity contribution in [3.8, 4) is 11.5 Å². The van der Waals surface area contributed by atoms with E-state index in [9.17, 15) is 13.2 Å². The Morgan fingerprint density at radius 1 is 1.03 bits per heavy atom. The smallest absolute Gasteiger partial charge is 0.244 e. The van der Waals surface area contributed by atoms with Crippen molar-refractivity contribution in [3.63, 3.8) is 0 Å². The lowest BCUT2D eigenvalue weighted by molar-refractivity contribution is -0.113. The number of benzene rings is 2. The van der Waals surface area contributed by atoms with E-state index in [1.54, 1.807) is 32.0 Å². The van der Waals surface area contributed by atoms with Gasteiger partial charge in [-0.3, -0.25) is 4.79 Å². The van der Waals surface area contributed by atoms with E-state index in [2.05, 4.69) is 10.3 Å². The minimum Gasteiger partial charge on any atom is -0.455 e. The van der Waals surface area contributed by atoms with Crippen LogP contribution < -0.4 is 10.1 Å². The first-order chi connectivity index (χ1) is 15.8. The van der Waals surface area contributed by atoms with Crippen molar-refractivity contribution in [2.24, 2.45) is 0 Å². The molecule has 0 saturated carbocycles. The van der Waals surface area contributed by atoms with Crippen molar-refractivity contribution in [1.82, 2.24) is 9.29 Å². The van der Waals surface area contributed by atoms with Gasteiger partial charge < -0.3 is 10.1 Å². The van der Waals surface area contributed by atoms with Crippen LogP contribution in [0, 0.1) is 6.92 Å². The van der Waals surface area contributed by atoms with Gasteiger partial charge in [0.25, 0.3) is 0 Å². The number of hydrogen-bond acceptors (Lipinski definition) is 6. The third kappa shape index (κ3) is 6.56. The first-order valence-corrected chi connectivity index (χ1v) is 13.0. The van der Waals surface area contributed by atoms with Gasteiger partial charge in [0.2, 0.25) is 15.9 Å². The van der Waals surface area contributed by atoms with Crippen LogP contribution in [0.2, 0.25) is 0 Å². The molecule has 0 aliphatic rings. The van der Waals surface area contributed by atoms with Crippen LogP contribution in [0.3, 0.4) is 0 Å². The molecule has 2 aromatic carbocycles. The Morgan fingerprint density at radius 3 is 2.36 bits per heavy atom. The Labute approximate surface area is 199 Å². The molecule has 174 valence electrons. The van der Waals surface area contributed by atoms with E-state index < -0.39 is 10.0 Å². The van der Waals surface area contributed by atoms with Crippen molar-refractivity contribution in [2.45, 2.75) is 30.7 Å². The summed E-state index contributed by atoms with van der Waals surface area (Å²) < 4.78 is 32.4. The van der Waals surface area contributed by atoms with Crippen molar-refractivity contribution in [3.05, 3.63) is 72.4 Å². The van der Waals surface area contributed by atoms with E-state index >= 15 is 0 Å². The number of nitrogens with zero attached hydrogens (tertiary/aromatic N) is 2. The van der Waals surface area contributed by atoms with Gasteiger partial charge in [0.15, 0.2) is 5.75 Å². The maximum Gasteiger partial charge on any atom is 0.244 e. The van der Waals surface area contributed by atoms with E-state index in [1.807, 2.05) is 43.3 Å². The van der Waals surface area contributed by atoms with Crippen molar-refractivity contribution in [2.75, 3.05) is 24.2 Å². The highest BCUT2D eigenvalue weighted by atomic mass is 32.2. The summed E-state index contributed by atoms with van der Waals surface area (Å²) in [5.41, 5.74) is 1.70. The van der Waals surface area contributed by atoms with Crippen molar-refractivity contribution >= 4 is 33.4 Å². The molecule has 0 spiro atoms. The topological polar surface area (TPSA) is 88.6 Å². The third-order valence-electron chi connectivity index (χ3n) is 4.81. The summed E-state index contributed by atoms with van der Waals surface area (Å²) in [5, 5.41) is 3.43. The number of hydrogen-bond donors (Lipinski definition) is 1. The fourth-order valence-corrected chi connectivity index (χ4v) is 5.08. The highest BCUT2D eigenvalue weighted by Crippen LogP contribution is 2.30. The van der Waals surface area contributed by atoms with Gasteiger partial charge in [-0.1, -0.05) is 55.4 Å². The number of thioether (sulfide) groups is 1. The molecule has 0 saturated heterocycles.